The lowest BCUT2D eigenvalue weighted by Gasteiger charge is -2.28. The van der Waals surface area contributed by atoms with Gasteiger partial charge < -0.3 is 4.90 Å². The van der Waals surface area contributed by atoms with E-state index in [9.17, 15) is 5.48 Å². The molecule has 0 unspecified atom stereocenters. The predicted molar refractivity (Wildman–Crippen MR) is 200 cm³/mol. The van der Waals surface area contributed by atoms with Crippen molar-refractivity contribution in [1.82, 2.24) is 0 Å². The molecule has 0 N–H and O–H groups in total. The third kappa shape index (κ3) is 5.83. The van der Waals surface area contributed by atoms with Crippen LogP contribution < -0.4 is 4.90 Å². The van der Waals surface area contributed by atoms with Crippen molar-refractivity contribution in [3.05, 3.63) is 200 Å². The van der Waals surface area contributed by atoms with E-state index in [0.717, 1.165) is 55.5 Å². The summed E-state index contributed by atoms with van der Waals surface area (Å²) in [5.41, 5.74) is 8.56. The number of fused-ring (bicyclic) bond motifs is 1. The number of nitrogens with zero attached hydrogens (tertiary/aromatic N) is 1. The van der Waals surface area contributed by atoms with Crippen LogP contribution in [0.3, 0.4) is 0 Å². The molecule has 8 rings (SSSR count). The van der Waals surface area contributed by atoms with E-state index in [2.05, 4.69) is 42.5 Å². The second-order valence-electron chi connectivity index (χ2n) is 11.5. The van der Waals surface area contributed by atoms with E-state index in [1.165, 1.54) is 0 Å². The van der Waals surface area contributed by atoms with Gasteiger partial charge in [-0.1, -0.05) is 164 Å². The van der Waals surface area contributed by atoms with E-state index < -0.39 is 0 Å². The van der Waals surface area contributed by atoms with Gasteiger partial charge in [0.05, 0.1) is 11.2 Å². The van der Waals surface area contributed by atoms with Crippen molar-refractivity contribution in [3.63, 3.8) is 0 Å². The minimum atomic E-state index is -0.114. The van der Waals surface area contributed by atoms with Gasteiger partial charge in [0.25, 0.3) is 0 Å². The zero-order valence-corrected chi connectivity index (χ0v) is 25.7. The Labute approximate surface area is 282 Å². The van der Waals surface area contributed by atoms with Gasteiger partial charge in [0.15, 0.2) is 0 Å². The standard InChI is InChI=1S/C46H33N/c1-3-12-34(13-4-1)36-22-24-37(25-23-36)38-28-30-43(31-29-38)47(46-21-10-9-20-45(46)39-15-5-2-6-16-39)44-19-11-18-41(33-44)42-27-26-35-14-7-8-17-40(35)32-42/h1-33H/i28D,29D,30D,31D. The maximum absolute atomic E-state index is 9.48. The lowest BCUT2D eigenvalue weighted by molar-refractivity contribution is 1.28. The van der Waals surface area contributed by atoms with Crippen LogP contribution in [-0.2, 0) is 0 Å². The first kappa shape index (κ1) is 24.1. The highest BCUT2D eigenvalue weighted by molar-refractivity contribution is 5.91. The van der Waals surface area contributed by atoms with Crippen molar-refractivity contribution in [3.8, 4) is 44.5 Å². The number of rotatable bonds is 7. The first-order valence-electron chi connectivity index (χ1n) is 17.8. The molecule has 0 spiro atoms. The van der Waals surface area contributed by atoms with Crippen molar-refractivity contribution in [2.75, 3.05) is 4.90 Å². The van der Waals surface area contributed by atoms with Crippen molar-refractivity contribution >= 4 is 27.8 Å². The molecular formula is C46H33N. The predicted octanol–water partition coefficient (Wildman–Crippen LogP) is 13.0. The number of anilines is 3. The summed E-state index contributed by atoms with van der Waals surface area (Å²) in [5.74, 6) is 0. The normalized spacial score (nSPS) is 12.2. The van der Waals surface area contributed by atoms with E-state index in [0.29, 0.717) is 5.56 Å². The second kappa shape index (κ2) is 12.7. The second-order valence-corrected chi connectivity index (χ2v) is 11.5. The van der Waals surface area contributed by atoms with Gasteiger partial charge in [-0.15, -0.1) is 0 Å². The molecule has 0 saturated heterocycles. The Balaban J connectivity index is 1.32. The quantitative estimate of drug-likeness (QED) is 0.175. The molecule has 8 aromatic carbocycles. The summed E-state index contributed by atoms with van der Waals surface area (Å²) in [6.45, 7) is 0. The number of hydrogen-bond acceptors (Lipinski definition) is 1. The molecule has 0 aliphatic heterocycles. The SMILES string of the molecule is [2H]c1c([2H])c(N(c2cccc(-c3ccc4ccccc4c3)c2)c2ccccc2-c2ccccc2)c([2H])c([2H])c1-c1ccc(-c2ccccc2)cc1. The van der Waals surface area contributed by atoms with Crippen molar-refractivity contribution in [2.45, 2.75) is 0 Å². The number of benzene rings is 8. The first-order valence-corrected chi connectivity index (χ1v) is 15.8. The molecule has 0 amide bonds. The van der Waals surface area contributed by atoms with Gasteiger partial charge in [0.1, 0.15) is 0 Å². The molecule has 222 valence electrons. The molecule has 0 aliphatic carbocycles. The third-order valence-electron chi connectivity index (χ3n) is 8.53. The Morgan fingerprint density at radius 2 is 0.851 bits per heavy atom. The Hall–Kier alpha value is -6.18. The van der Waals surface area contributed by atoms with E-state index >= 15 is 0 Å². The smallest absolute Gasteiger partial charge is 0.0645 e. The highest BCUT2D eigenvalue weighted by Gasteiger charge is 2.18. The van der Waals surface area contributed by atoms with Crippen LogP contribution in [0.4, 0.5) is 17.1 Å². The molecular weight excluding hydrogens is 567 g/mol. The fraction of sp³-hybridized carbons (Fsp3) is 0. The topological polar surface area (TPSA) is 3.24 Å². The van der Waals surface area contributed by atoms with E-state index in [1.807, 2.05) is 138 Å². The van der Waals surface area contributed by atoms with E-state index in [1.54, 1.807) is 0 Å². The first-order chi connectivity index (χ1) is 25.0. The zero-order valence-electron chi connectivity index (χ0n) is 29.7. The average molecular weight is 604 g/mol. The number of hydrogen-bond donors (Lipinski definition) is 0. The maximum Gasteiger partial charge on any atom is 0.0645 e. The van der Waals surface area contributed by atoms with Gasteiger partial charge in [-0.25, -0.2) is 0 Å². The van der Waals surface area contributed by atoms with Crippen LogP contribution >= 0.6 is 0 Å². The third-order valence-corrected chi connectivity index (χ3v) is 8.53. The summed E-state index contributed by atoms with van der Waals surface area (Å²) in [6, 6.07) is 58.0. The van der Waals surface area contributed by atoms with Crippen molar-refractivity contribution < 1.29 is 5.48 Å². The molecule has 47 heavy (non-hydrogen) atoms. The lowest BCUT2D eigenvalue weighted by atomic mass is 9.98. The molecule has 8 aromatic rings. The molecule has 0 bridgehead atoms. The molecule has 0 saturated carbocycles. The average Bonchev–Trinajstić information content (AvgIpc) is 3.19. The summed E-state index contributed by atoms with van der Waals surface area (Å²) in [4.78, 5) is 1.88. The lowest BCUT2D eigenvalue weighted by Crippen LogP contribution is -2.11. The maximum atomic E-state index is 9.48. The fourth-order valence-electron chi connectivity index (χ4n) is 6.13. The summed E-state index contributed by atoms with van der Waals surface area (Å²) < 4.78 is 37.6. The summed E-state index contributed by atoms with van der Waals surface area (Å²) >= 11 is 0. The largest absolute Gasteiger partial charge is 0.310 e. The van der Waals surface area contributed by atoms with Crippen LogP contribution in [0.2, 0.25) is 0 Å². The van der Waals surface area contributed by atoms with Crippen LogP contribution in [-0.4, -0.2) is 0 Å². The van der Waals surface area contributed by atoms with Gasteiger partial charge in [0, 0.05) is 16.9 Å². The molecule has 1 nitrogen and oxygen atoms in total. The highest BCUT2D eigenvalue weighted by Crippen LogP contribution is 2.42. The Morgan fingerprint density at radius 3 is 1.60 bits per heavy atom. The number of para-hydroxylation sites is 1. The minimum Gasteiger partial charge on any atom is -0.310 e. The Bertz CT molecular complexity index is 2480. The van der Waals surface area contributed by atoms with Gasteiger partial charge in [0.2, 0.25) is 0 Å². The molecule has 0 atom stereocenters. The van der Waals surface area contributed by atoms with Gasteiger partial charge in [-0.2, -0.15) is 0 Å². The molecule has 0 fully saturated rings. The van der Waals surface area contributed by atoms with Crippen LogP contribution in [0.1, 0.15) is 5.48 Å². The Kier molecular flexibility index (Phi) is 6.50. The van der Waals surface area contributed by atoms with Crippen LogP contribution in [0.25, 0.3) is 55.3 Å². The Morgan fingerprint density at radius 1 is 0.319 bits per heavy atom. The summed E-state index contributed by atoms with van der Waals surface area (Å²) in [7, 11) is 0. The monoisotopic (exact) mass is 603 g/mol. The van der Waals surface area contributed by atoms with Gasteiger partial charge in [-0.3, -0.25) is 0 Å². The molecule has 0 aromatic heterocycles. The zero-order chi connectivity index (χ0) is 34.9. The van der Waals surface area contributed by atoms with E-state index in [4.69, 9.17) is 0 Å². The molecule has 0 radical (unpaired) electrons. The van der Waals surface area contributed by atoms with Gasteiger partial charge >= 0.3 is 0 Å². The molecule has 1 heteroatoms. The van der Waals surface area contributed by atoms with Crippen LogP contribution in [0, 0.1) is 0 Å². The van der Waals surface area contributed by atoms with E-state index in [-0.39, 0.29) is 35.4 Å². The molecule has 0 heterocycles. The van der Waals surface area contributed by atoms with Crippen molar-refractivity contribution in [1.29, 1.82) is 0 Å². The van der Waals surface area contributed by atoms with Gasteiger partial charge in [-0.05, 0) is 86.1 Å². The summed E-state index contributed by atoms with van der Waals surface area (Å²) in [5, 5.41) is 2.30. The minimum absolute atomic E-state index is 0.0914. The summed E-state index contributed by atoms with van der Waals surface area (Å²) in [6.07, 6.45) is 0. The van der Waals surface area contributed by atoms with Crippen LogP contribution in [0.5, 0.6) is 0 Å². The highest BCUT2D eigenvalue weighted by atomic mass is 15.1. The fourth-order valence-corrected chi connectivity index (χ4v) is 6.13. The van der Waals surface area contributed by atoms with Crippen molar-refractivity contribution in [2.24, 2.45) is 0 Å². The van der Waals surface area contributed by atoms with Crippen LogP contribution in [0.15, 0.2) is 200 Å². The molecule has 0 aliphatic rings.